The van der Waals surface area contributed by atoms with Gasteiger partial charge in [0.05, 0.1) is 0 Å². The number of rotatable bonds is 8. The number of aliphatic carboxylic acids is 1. The smallest absolute Gasteiger partial charge is 0.408 e. The van der Waals surface area contributed by atoms with Crippen LogP contribution in [0.4, 0.5) is 4.79 Å². The molecule has 0 aliphatic heterocycles. The van der Waals surface area contributed by atoms with E-state index in [0.29, 0.717) is 12.8 Å². The number of carbonyl (C=O) groups excluding carboxylic acids is 2. The van der Waals surface area contributed by atoms with E-state index in [1.165, 1.54) is 0 Å². The largest absolute Gasteiger partial charge is 0.480 e. The SMILES string of the molecule is CCCC(=O)CC(NC(=O)OC(C)c1ccccc1)C(=O)O. The molecule has 120 valence electrons. The minimum atomic E-state index is -1.27. The Morgan fingerprint density at radius 2 is 1.86 bits per heavy atom. The molecule has 6 nitrogen and oxygen atoms in total. The van der Waals surface area contributed by atoms with Crippen LogP contribution < -0.4 is 5.32 Å². The molecule has 1 amide bonds. The van der Waals surface area contributed by atoms with Crippen LogP contribution in [-0.4, -0.2) is 29.0 Å². The van der Waals surface area contributed by atoms with Gasteiger partial charge < -0.3 is 15.2 Å². The number of hydrogen-bond acceptors (Lipinski definition) is 4. The fraction of sp³-hybridized carbons (Fsp3) is 0.438. The van der Waals surface area contributed by atoms with Gasteiger partial charge in [-0.15, -0.1) is 0 Å². The molecule has 2 atom stereocenters. The van der Waals surface area contributed by atoms with Gasteiger partial charge in [0, 0.05) is 12.8 Å². The molecule has 0 radical (unpaired) electrons. The van der Waals surface area contributed by atoms with E-state index in [-0.39, 0.29) is 12.2 Å². The second-order valence-corrected chi connectivity index (χ2v) is 4.99. The van der Waals surface area contributed by atoms with Crippen LogP contribution in [0.5, 0.6) is 0 Å². The van der Waals surface area contributed by atoms with Gasteiger partial charge in [0.25, 0.3) is 0 Å². The highest BCUT2D eigenvalue weighted by Crippen LogP contribution is 2.16. The molecular formula is C16H21NO5. The van der Waals surface area contributed by atoms with Gasteiger partial charge in [0.15, 0.2) is 0 Å². The van der Waals surface area contributed by atoms with Crippen molar-refractivity contribution < 1.29 is 24.2 Å². The molecule has 0 spiro atoms. The van der Waals surface area contributed by atoms with Crippen LogP contribution in [0.1, 0.15) is 44.8 Å². The van der Waals surface area contributed by atoms with Crippen molar-refractivity contribution >= 4 is 17.8 Å². The van der Waals surface area contributed by atoms with Crippen molar-refractivity contribution in [1.29, 1.82) is 0 Å². The summed E-state index contributed by atoms with van der Waals surface area (Å²) >= 11 is 0. The van der Waals surface area contributed by atoms with Crippen LogP contribution in [-0.2, 0) is 14.3 Å². The van der Waals surface area contributed by atoms with Gasteiger partial charge in [0.2, 0.25) is 0 Å². The summed E-state index contributed by atoms with van der Waals surface area (Å²) < 4.78 is 5.13. The molecule has 0 bridgehead atoms. The maximum Gasteiger partial charge on any atom is 0.408 e. The summed E-state index contributed by atoms with van der Waals surface area (Å²) in [7, 11) is 0. The van der Waals surface area contributed by atoms with Crippen LogP contribution in [0.15, 0.2) is 30.3 Å². The molecule has 0 saturated carbocycles. The number of ketones is 1. The first-order chi connectivity index (χ1) is 10.4. The Kier molecular flexibility index (Phi) is 7.08. The van der Waals surface area contributed by atoms with Gasteiger partial charge in [-0.2, -0.15) is 0 Å². The molecule has 2 N–H and O–H groups in total. The first kappa shape index (κ1) is 17.7. The lowest BCUT2D eigenvalue weighted by Gasteiger charge is -2.17. The summed E-state index contributed by atoms with van der Waals surface area (Å²) in [5.41, 5.74) is 0.798. The van der Waals surface area contributed by atoms with Gasteiger partial charge in [-0.25, -0.2) is 9.59 Å². The molecule has 1 rings (SSSR count). The number of amides is 1. The van der Waals surface area contributed by atoms with Crippen molar-refractivity contribution in [2.45, 2.75) is 45.3 Å². The number of carboxylic acids is 1. The van der Waals surface area contributed by atoms with Crippen molar-refractivity contribution in [1.82, 2.24) is 5.32 Å². The zero-order valence-corrected chi connectivity index (χ0v) is 12.7. The van der Waals surface area contributed by atoms with Crippen molar-refractivity contribution in [3.05, 3.63) is 35.9 Å². The predicted molar refractivity (Wildman–Crippen MR) is 80.4 cm³/mol. The Balaban J connectivity index is 2.56. The van der Waals surface area contributed by atoms with Crippen LogP contribution in [0.3, 0.4) is 0 Å². The van der Waals surface area contributed by atoms with Crippen LogP contribution in [0, 0.1) is 0 Å². The van der Waals surface area contributed by atoms with Gasteiger partial charge in [-0.05, 0) is 18.9 Å². The van der Waals surface area contributed by atoms with Gasteiger partial charge >= 0.3 is 12.1 Å². The number of benzene rings is 1. The van der Waals surface area contributed by atoms with Gasteiger partial charge in [0.1, 0.15) is 17.9 Å². The number of alkyl carbamates (subject to hydrolysis) is 1. The van der Waals surface area contributed by atoms with Gasteiger partial charge in [-0.3, -0.25) is 4.79 Å². The van der Waals surface area contributed by atoms with E-state index >= 15 is 0 Å². The van der Waals surface area contributed by atoms with Crippen molar-refractivity contribution in [3.63, 3.8) is 0 Å². The zero-order valence-electron chi connectivity index (χ0n) is 12.7. The molecule has 2 unspecified atom stereocenters. The fourth-order valence-corrected chi connectivity index (χ4v) is 1.94. The van der Waals surface area contributed by atoms with E-state index in [9.17, 15) is 14.4 Å². The van der Waals surface area contributed by atoms with E-state index in [0.717, 1.165) is 5.56 Å². The minimum Gasteiger partial charge on any atom is -0.480 e. The average Bonchev–Trinajstić information content (AvgIpc) is 2.47. The van der Waals surface area contributed by atoms with Crippen molar-refractivity contribution in [2.75, 3.05) is 0 Å². The highest BCUT2D eigenvalue weighted by Gasteiger charge is 2.24. The molecule has 0 fully saturated rings. The highest BCUT2D eigenvalue weighted by atomic mass is 16.6. The summed E-state index contributed by atoms with van der Waals surface area (Å²) in [4.78, 5) is 34.4. The number of carboxylic acid groups (broad SMARTS) is 1. The fourth-order valence-electron chi connectivity index (χ4n) is 1.94. The molecular weight excluding hydrogens is 286 g/mol. The van der Waals surface area contributed by atoms with Crippen LogP contribution in [0.25, 0.3) is 0 Å². The standard InChI is InChI=1S/C16H21NO5/c1-3-7-13(18)10-14(15(19)20)17-16(21)22-11(2)12-8-5-4-6-9-12/h4-6,8-9,11,14H,3,7,10H2,1-2H3,(H,17,21)(H,19,20). The Bertz CT molecular complexity index is 515. The molecule has 0 aliphatic carbocycles. The maximum atomic E-state index is 11.8. The Morgan fingerprint density at radius 3 is 2.41 bits per heavy atom. The minimum absolute atomic E-state index is 0.202. The average molecular weight is 307 g/mol. The molecule has 0 aliphatic rings. The Morgan fingerprint density at radius 1 is 1.23 bits per heavy atom. The molecule has 0 heterocycles. The molecule has 22 heavy (non-hydrogen) atoms. The summed E-state index contributed by atoms with van der Waals surface area (Å²) in [5.74, 6) is -1.46. The lowest BCUT2D eigenvalue weighted by atomic mass is 10.1. The van der Waals surface area contributed by atoms with E-state index in [4.69, 9.17) is 9.84 Å². The van der Waals surface area contributed by atoms with Crippen molar-refractivity contribution in [3.8, 4) is 0 Å². The molecule has 1 aromatic rings. The lowest BCUT2D eigenvalue weighted by molar-refractivity contribution is -0.141. The first-order valence-electron chi connectivity index (χ1n) is 7.20. The maximum absolute atomic E-state index is 11.8. The number of carbonyl (C=O) groups is 3. The number of Topliss-reactive ketones (excluding diaryl/α,β-unsaturated/α-hetero) is 1. The topological polar surface area (TPSA) is 92.7 Å². The van der Waals surface area contributed by atoms with Crippen molar-refractivity contribution in [2.24, 2.45) is 0 Å². The van der Waals surface area contributed by atoms with Crippen LogP contribution in [0.2, 0.25) is 0 Å². The monoisotopic (exact) mass is 307 g/mol. The first-order valence-corrected chi connectivity index (χ1v) is 7.20. The number of ether oxygens (including phenoxy) is 1. The Hall–Kier alpha value is -2.37. The third-order valence-corrected chi connectivity index (χ3v) is 3.10. The zero-order chi connectivity index (χ0) is 16.5. The molecule has 1 aromatic carbocycles. The number of nitrogens with one attached hydrogen (secondary N) is 1. The summed E-state index contributed by atoms with van der Waals surface area (Å²) in [6, 6.07) is 7.81. The lowest BCUT2D eigenvalue weighted by Crippen LogP contribution is -2.42. The second-order valence-electron chi connectivity index (χ2n) is 4.99. The highest BCUT2D eigenvalue weighted by molar-refractivity contribution is 5.88. The molecule has 0 saturated heterocycles. The van der Waals surface area contributed by atoms with E-state index in [1.54, 1.807) is 19.1 Å². The molecule has 0 aromatic heterocycles. The van der Waals surface area contributed by atoms with Gasteiger partial charge in [-0.1, -0.05) is 37.3 Å². The van der Waals surface area contributed by atoms with E-state index in [1.807, 2.05) is 25.1 Å². The number of hydrogen-bond donors (Lipinski definition) is 2. The van der Waals surface area contributed by atoms with E-state index < -0.39 is 24.2 Å². The Labute approximate surface area is 129 Å². The molecule has 6 heteroatoms. The third kappa shape index (κ3) is 5.95. The van der Waals surface area contributed by atoms with E-state index in [2.05, 4.69) is 5.32 Å². The summed E-state index contributed by atoms with van der Waals surface area (Å²) in [6.07, 6.45) is -0.672. The normalized spacial score (nSPS) is 13.0. The van der Waals surface area contributed by atoms with Crippen LogP contribution >= 0.6 is 0 Å². The predicted octanol–water partition coefficient (Wildman–Crippen LogP) is 2.69. The summed E-state index contributed by atoms with van der Waals surface area (Å²) in [6.45, 7) is 3.52. The third-order valence-electron chi connectivity index (χ3n) is 3.10. The summed E-state index contributed by atoms with van der Waals surface area (Å²) in [5, 5.41) is 11.3. The quantitative estimate of drug-likeness (QED) is 0.770. The second kappa shape index (κ2) is 8.81.